The molecular formula is C35H37F4N3O2. The molecule has 44 heavy (non-hydrogen) atoms. The summed E-state index contributed by atoms with van der Waals surface area (Å²) in [6.45, 7) is 3.49. The Morgan fingerprint density at radius 1 is 0.886 bits per heavy atom. The number of carbonyl (C=O) groups excluding carboxylic acids is 2. The van der Waals surface area contributed by atoms with Gasteiger partial charge in [-0.3, -0.25) is 9.59 Å². The smallest absolute Gasteiger partial charge is 0.382 e. The summed E-state index contributed by atoms with van der Waals surface area (Å²) in [7, 11) is 0. The first-order valence-electron chi connectivity index (χ1n) is 15.1. The fourth-order valence-electron chi connectivity index (χ4n) is 6.41. The van der Waals surface area contributed by atoms with Crippen molar-refractivity contribution in [3.63, 3.8) is 0 Å². The Labute approximate surface area is 255 Å². The van der Waals surface area contributed by atoms with Crippen molar-refractivity contribution in [3.8, 4) is 0 Å². The first kappa shape index (κ1) is 31.3. The zero-order chi connectivity index (χ0) is 31.4. The normalized spacial score (nSPS) is 19.4. The third-order valence-electron chi connectivity index (χ3n) is 8.66. The lowest BCUT2D eigenvalue weighted by Gasteiger charge is -2.41. The number of carbonyl (C=O) groups is 2. The number of aryl methyl sites for hydroxylation is 2. The highest BCUT2D eigenvalue weighted by molar-refractivity contribution is 5.99. The molecule has 1 aliphatic carbocycles. The van der Waals surface area contributed by atoms with Gasteiger partial charge in [0, 0.05) is 29.9 Å². The Kier molecular flexibility index (Phi) is 9.42. The quantitative estimate of drug-likeness (QED) is 0.209. The van der Waals surface area contributed by atoms with Crippen LogP contribution < -0.4 is 10.6 Å². The lowest BCUT2D eigenvalue weighted by molar-refractivity contribution is -0.138. The zero-order valence-corrected chi connectivity index (χ0v) is 24.9. The Morgan fingerprint density at radius 3 is 2.27 bits per heavy atom. The van der Waals surface area contributed by atoms with Crippen LogP contribution in [0.2, 0.25) is 0 Å². The van der Waals surface area contributed by atoms with E-state index in [1.807, 2.05) is 24.3 Å². The predicted molar refractivity (Wildman–Crippen MR) is 164 cm³/mol. The van der Waals surface area contributed by atoms with Crippen molar-refractivity contribution in [2.24, 2.45) is 5.92 Å². The molecule has 2 aliphatic rings. The van der Waals surface area contributed by atoms with E-state index in [0.717, 1.165) is 30.2 Å². The number of halogens is 4. The third kappa shape index (κ3) is 7.14. The van der Waals surface area contributed by atoms with Gasteiger partial charge in [-0.1, -0.05) is 49.2 Å². The Bertz CT molecular complexity index is 1510. The maximum Gasteiger partial charge on any atom is 0.416 e. The van der Waals surface area contributed by atoms with Gasteiger partial charge in [-0.25, -0.2) is 4.39 Å². The van der Waals surface area contributed by atoms with E-state index < -0.39 is 35.4 Å². The number of amides is 2. The summed E-state index contributed by atoms with van der Waals surface area (Å²) in [5.41, 5.74) is 1.70. The Hall–Kier alpha value is -4.14. The average molecular weight is 608 g/mol. The van der Waals surface area contributed by atoms with Crippen LogP contribution in [0.3, 0.4) is 0 Å². The molecule has 0 aromatic heterocycles. The summed E-state index contributed by atoms with van der Waals surface area (Å²) >= 11 is 0. The SMILES string of the molecule is Cc1ccc(NC(=O)/C=C\[C@H]2CCCN(C(=O)c3c(C)cccc3F)[C@H]2c2ccc(NC3CCCC3)cc2)cc1C(F)(F)F. The first-order valence-corrected chi connectivity index (χ1v) is 15.1. The van der Waals surface area contributed by atoms with Crippen molar-refractivity contribution in [2.75, 3.05) is 17.2 Å². The van der Waals surface area contributed by atoms with Gasteiger partial charge in [0.1, 0.15) is 5.82 Å². The number of alkyl halides is 3. The van der Waals surface area contributed by atoms with Gasteiger partial charge in [0.25, 0.3) is 5.91 Å². The second-order valence-corrected chi connectivity index (χ2v) is 11.8. The molecule has 2 N–H and O–H groups in total. The molecule has 5 nitrogen and oxygen atoms in total. The molecule has 2 fully saturated rings. The fraction of sp³-hybridized carbons (Fsp3) is 0.371. The van der Waals surface area contributed by atoms with E-state index in [9.17, 15) is 27.2 Å². The van der Waals surface area contributed by atoms with Gasteiger partial charge in [0.15, 0.2) is 0 Å². The van der Waals surface area contributed by atoms with E-state index in [1.165, 1.54) is 44.0 Å². The minimum atomic E-state index is -4.54. The molecule has 5 rings (SSSR count). The Morgan fingerprint density at radius 2 is 1.59 bits per heavy atom. The van der Waals surface area contributed by atoms with Crippen LogP contribution in [0, 0.1) is 25.6 Å². The minimum Gasteiger partial charge on any atom is -0.382 e. The minimum absolute atomic E-state index is 0.0271. The lowest BCUT2D eigenvalue weighted by atomic mass is 9.83. The molecule has 1 saturated heterocycles. The standard InChI is InChI=1S/C35H37F4N3O2/c1-22-12-16-28(21-29(22)35(37,38)39)41-31(43)19-15-24-8-6-20-42(34(44)32-23(2)7-5-11-30(32)36)33(24)25-13-17-27(18-14-25)40-26-9-3-4-10-26/h5,7,11-19,21,24,26,33,40H,3-4,6,8-10,20H2,1-2H3,(H,41,43)/b19-15-/t24-,33-/m1/s1. The van der Waals surface area contributed by atoms with E-state index in [-0.39, 0.29) is 22.7 Å². The maximum atomic E-state index is 14.9. The largest absolute Gasteiger partial charge is 0.416 e. The number of anilines is 2. The molecule has 2 amide bonds. The molecule has 1 heterocycles. The van der Waals surface area contributed by atoms with Crippen LogP contribution in [0.25, 0.3) is 0 Å². The molecular weight excluding hydrogens is 570 g/mol. The maximum absolute atomic E-state index is 14.9. The molecule has 3 aromatic rings. The molecule has 3 aromatic carbocycles. The van der Waals surface area contributed by atoms with Crippen LogP contribution >= 0.6 is 0 Å². The summed E-state index contributed by atoms with van der Waals surface area (Å²) in [6.07, 6.45) is 4.46. The van der Waals surface area contributed by atoms with Gasteiger partial charge in [-0.05, 0) is 92.6 Å². The van der Waals surface area contributed by atoms with Crippen molar-refractivity contribution >= 4 is 23.2 Å². The van der Waals surface area contributed by atoms with Gasteiger partial charge in [-0.2, -0.15) is 13.2 Å². The zero-order valence-electron chi connectivity index (χ0n) is 24.9. The summed E-state index contributed by atoms with van der Waals surface area (Å²) in [5, 5.41) is 6.10. The fourth-order valence-corrected chi connectivity index (χ4v) is 6.41. The summed E-state index contributed by atoms with van der Waals surface area (Å²) in [6, 6.07) is 16.1. The van der Waals surface area contributed by atoms with Gasteiger partial charge >= 0.3 is 6.18 Å². The highest BCUT2D eigenvalue weighted by Gasteiger charge is 2.36. The molecule has 0 bridgehead atoms. The number of benzene rings is 3. The van der Waals surface area contributed by atoms with Gasteiger partial charge < -0.3 is 15.5 Å². The predicted octanol–water partition coefficient (Wildman–Crippen LogP) is 8.60. The number of rotatable bonds is 7. The van der Waals surface area contributed by atoms with E-state index in [2.05, 4.69) is 10.6 Å². The van der Waals surface area contributed by atoms with E-state index in [1.54, 1.807) is 30.0 Å². The molecule has 2 atom stereocenters. The molecule has 1 aliphatic heterocycles. The van der Waals surface area contributed by atoms with Crippen LogP contribution in [-0.2, 0) is 11.0 Å². The van der Waals surface area contributed by atoms with Crippen LogP contribution in [0.15, 0.2) is 72.8 Å². The summed E-state index contributed by atoms with van der Waals surface area (Å²) < 4.78 is 55.1. The lowest BCUT2D eigenvalue weighted by Crippen LogP contribution is -2.43. The number of piperidine rings is 1. The molecule has 0 spiro atoms. The van der Waals surface area contributed by atoms with Crippen molar-refractivity contribution in [1.82, 2.24) is 4.90 Å². The van der Waals surface area contributed by atoms with E-state index in [4.69, 9.17) is 0 Å². The van der Waals surface area contributed by atoms with Crippen molar-refractivity contribution in [2.45, 2.75) is 70.6 Å². The van der Waals surface area contributed by atoms with Crippen LogP contribution in [-0.4, -0.2) is 29.3 Å². The van der Waals surface area contributed by atoms with Crippen LogP contribution in [0.5, 0.6) is 0 Å². The number of nitrogens with one attached hydrogen (secondary N) is 2. The second-order valence-electron chi connectivity index (χ2n) is 11.8. The monoisotopic (exact) mass is 607 g/mol. The number of hydrogen-bond donors (Lipinski definition) is 2. The van der Waals surface area contributed by atoms with Crippen LogP contribution in [0.4, 0.5) is 28.9 Å². The summed E-state index contributed by atoms with van der Waals surface area (Å²) in [5.74, 6) is -1.87. The first-order chi connectivity index (χ1) is 21.0. The number of nitrogens with zero attached hydrogens (tertiary/aromatic N) is 1. The van der Waals surface area contributed by atoms with Crippen molar-refractivity contribution in [1.29, 1.82) is 0 Å². The second kappa shape index (κ2) is 13.2. The molecule has 0 unspecified atom stereocenters. The van der Waals surface area contributed by atoms with Gasteiger partial charge in [0.2, 0.25) is 5.91 Å². The van der Waals surface area contributed by atoms with Gasteiger partial charge in [-0.15, -0.1) is 0 Å². The number of hydrogen-bond acceptors (Lipinski definition) is 3. The van der Waals surface area contributed by atoms with Gasteiger partial charge in [0.05, 0.1) is 17.2 Å². The highest BCUT2D eigenvalue weighted by atomic mass is 19.4. The van der Waals surface area contributed by atoms with E-state index in [0.29, 0.717) is 31.0 Å². The molecule has 232 valence electrons. The summed E-state index contributed by atoms with van der Waals surface area (Å²) in [4.78, 5) is 28.4. The molecule has 1 saturated carbocycles. The van der Waals surface area contributed by atoms with E-state index >= 15 is 0 Å². The van der Waals surface area contributed by atoms with Crippen molar-refractivity contribution < 1.29 is 27.2 Å². The highest BCUT2D eigenvalue weighted by Crippen LogP contribution is 2.39. The number of likely N-dealkylation sites (tertiary alicyclic amines) is 1. The average Bonchev–Trinajstić information content (AvgIpc) is 3.50. The van der Waals surface area contributed by atoms with Crippen molar-refractivity contribution in [3.05, 3.63) is 106 Å². The third-order valence-corrected chi connectivity index (χ3v) is 8.66. The van der Waals surface area contributed by atoms with Crippen LogP contribution in [0.1, 0.15) is 77.2 Å². The molecule has 0 radical (unpaired) electrons. The molecule has 9 heteroatoms. The Balaban J connectivity index is 1.41. The topological polar surface area (TPSA) is 61.4 Å².